The van der Waals surface area contributed by atoms with Crippen LogP contribution in [0.5, 0.6) is 0 Å². The SMILES string of the molecule is CN(C)CC=CC1=CCC2CC1C2(C)C. The molecule has 0 aromatic heterocycles. The summed E-state index contributed by atoms with van der Waals surface area (Å²) in [6.45, 7) is 5.91. The summed E-state index contributed by atoms with van der Waals surface area (Å²) in [5, 5.41) is 0. The van der Waals surface area contributed by atoms with Crippen LogP contribution in [0.15, 0.2) is 23.8 Å². The van der Waals surface area contributed by atoms with Gasteiger partial charge in [-0.25, -0.2) is 0 Å². The lowest BCUT2D eigenvalue weighted by Gasteiger charge is -2.56. The van der Waals surface area contributed by atoms with E-state index in [2.05, 4.69) is 51.1 Å². The Kier molecular flexibility index (Phi) is 2.76. The van der Waals surface area contributed by atoms with Crippen molar-refractivity contribution < 1.29 is 0 Å². The molecule has 1 heteroatoms. The first-order valence-electron chi connectivity index (χ1n) is 6.03. The number of hydrogen-bond donors (Lipinski definition) is 0. The van der Waals surface area contributed by atoms with E-state index in [1.807, 2.05) is 0 Å². The van der Waals surface area contributed by atoms with Crippen molar-refractivity contribution in [2.75, 3.05) is 20.6 Å². The smallest absolute Gasteiger partial charge is 0.0160 e. The van der Waals surface area contributed by atoms with Gasteiger partial charge in [0, 0.05) is 6.54 Å². The van der Waals surface area contributed by atoms with Gasteiger partial charge in [0.15, 0.2) is 0 Å². The summed E-state index contributed by atoms with van der Waals surface area (Å²) in [7, 11) is 4.23. The van der Waals surface area contributed by atoms with Crippen molar-refractivity contribution in [3.8, 4) is 0 Å². The third-order valence-corrected chi connectivity index (χ3v) is 4.29. The highest BCUT2D eigenvalue weighted by molar-refractivity contribution is 5.31. The summed E-state index contributed by atoms with van der Waals surface area (Å²) in [5.41, 5.74) is 2.15. The fourth-order valence-electron chi connectivity index (χ4n) is 2.99. The van der Waals surface area contributed by atoms with Crippen LogP contribution in [0.25, 0.3) is 0 Å². The number of nitrogens with zero attached hydrogens (tertiary/aromatic N) is 1. The molecular weight excluding hydrogens is 182 g/mol. The van der Waals surface area contributed by atoms with E-state index in [0.29, 0.717) is 5.41 Å². The van der Waals surface area contributed by atoms with E-state index in [0.717, 1.165) is 18.4 Å². The fraction of sp³-hybridized carbons (Fsp3) is 0.714. The Hall–Kier alpha value is -0.560. The maximum Gasteiger partial charge on any atom is 0.0160 e. The molecule has 0 heterocycles. The lowest BCUT2D eigenvalue weighted by atomic mass is 9.49. The first-order chi connectivity index (χ1) is 7.01. The van der Waals surface area contributed by atoms with Crippen LogP contribution in [0.4, 0.5) is 0 Å². The second-order valence-electron chi connectivity index (χ2n) is 5.91. The Morgan fingerprint density at radius 1 is 1.47 bits per heavy atom. The molecule has 84 valence electrons. The zero-order chi connectivity index (χ0) is 11.1. The Morgan fingerprint density at radius 3 is 2.73 bits per heavy atom. The van der Waals surface area contributed by atoms with Crippen LogP contribution in [-0.4, -0.2) is 25.5 Å². The predicted molar refractivity (Wildman–Crippen MR) is 65.8 cm³/mol. The molecule has 3 rings (SSSR count). The maximum atomic E-state index is 2.45. The standard InChI is InChI=1S/C14H23N/c1-14(2)12-8-7-11(13(14)10-12)6-5-9-15(3)4/h5-7,12-13H,8-10H2,1-4H3. The van der Waals surface area contributed by atoms with Crippen molar-refractivity contribution in [3.63, 3.8) is 0 Å². The van der Waals surface area contributed by atoms with Gasteiger partial charge in [0.05, 0.1) is 0 Å². The molecule has 0 aliphatic heterocycles. The molecule has 3 aliphatic carbocycles. The molecule has 2 bridgehead atoms. The highest BCUT2D eigenvalue weighted by Crippen LogP contribution is 2.59. The van der Waals surface area contributed by atoms with Crippen LogP contribution in [0.3, 0.4) is 0 Å². The third-order valence-electron chi connectivity index (χ3n) is 4.29. The molecule has 0 aromatic carbocycles. The predicted octanol–water partition coefficient (Wildman–Crippen LogP) is 3.10. The van der Waals surface area contributed by atoms with Gasteiger partial charge in [0.1, 0.15) is 0 Å². The molecule has 0 saturated heterocycles. The quantitative estimate of drug-likeness (QED) is 0.684. The Bertz CT molecular complexity index is 296. The second-order valence-corrected chi connectivity index (χ2v) is 5.91. The fourth-order valence-corrected chi connectivity index (χ4v) is 2.99. The maximum absolute atomic E-state index is 2.45. The van der Waals surface area contributed by atoms with Gasteiger partial charge < -0.3 is 4.90 Å². The molecule has 15 heavy (non-hydrogen) atoms. The van der Waals surface area contributed by atoms with Crippen LogP contribution in [0.1, 0.15) is 26.7 Å². The van der Waals surface area contributed by atoms with Crippen LogP contribution in [0, 0.1) is 17.3 Å². The van der Waals surface area contributed by atoms with Crippen molar-refractivity contribution in [2.24, 2.45) is 17.3 Å². The summed E-state index contributed by atoms with van der Waals surface area (Å²) in [6, 6.07) is 0. The van der Waals surface area contributed by atoms with E-state index in [1.165, 1.54) is 12.8 Å². The monoisotopic (exact) mass is 205 g/mol. The molecule has 0 spiro atoms. The molecular formula is C14H23N. The number of likely N-dealkylation sites (N-methyl/N-ethyl adjacent to an activating group) is 1. The van der Waals surface area contributed by atoms with Gasteiger partial charge in [-0.1, -0.05) is 32.1 Å². The van der Waals surface area contributed by atoms with Gasteiger partial charge in [-0.05, 0) is 49.8 Å². The molecule has 0 aromatic rings. The first-order valence-corrected chi connectivity index (χ1v) is 6.03. The van der Waals surface area contributed by atoms with Gasteiger partial charge in [0.25, 0.3) is 0 Å². The average Bonchev–Trinajstić information content (AvgIpc) is 2.17. The molecule has 1 nitrogen and oxygen atoms in total. The number of hydrogen-bond acceptors (Lipinski definition) is 1. The van der Waals surface area contributed by atoms with Crippen molar-refractivity contribution in [2.45, 2.75) is 26.7 Å². The summed E-state index contributed by atoms with van der Waals surface area (Å²) >= 11 is 0. The van der Waals surface area contributed by atoms with Gasteiger partial charge in [-0.15, -0.1) is 0 Å². The number of fused-ring (bicyclic) bond motifs is 1. The van der Waals surface area contributed by atoms with Gasteiger partial charge in [0.2, 0.25) is 0 Å². The molecule has 2 unspecified atom stereocenters. The Balaban J connectivity index is 1.99. The molecule has 1 saturated carbocycles. The second kappa shape index (κ2) is 3.79. The summed E-state index contributed by atoms with van der Waals surface area (Å²) in [5.74, 6) is 1.78. The van der Waals surface area contributed by atoms with E-state index < -0.39 is 0 Å². The first kappa shape index (κ1) is 10.9. The molecule has 0 amide bonds. The van der Waals surface area contributed by atoms with Crippen LogP contribution >= 0.6 is 0 Å². The van der Waals surface area contributed by atoms with Crippen molar-refractivity contribution >= 4 is 0 Å². The lowest BCUT2D eigenvalue weighted by Crippen LogP contribution is -2.47. The molecule has 3 aliphatic rings. The molecule has 1 fully saturated rings. The van der Waals surface area contributed by atoms with Gasteiger partial charge in [-0.2, -0.15) is 0 Å². The zero-order valence-corrected chi connectivity index (χ0v) is 10.5. The van der Waals surface area contributed by atoms with E-state index in [-0.39, 0.29) is 0 Å². The highest BCUT2D eigenvalue weighted by Gasteiger charge is 2.50. The minimum atomic E-state index is 0.562. The number of rotatable bonds is 3. The minimum Gasteiger partial charge on any atom is -0.306 e. The molecule has 0 N–H and O–H groups in total. The lowest BCUT2D eigenvalue weighted by molar-refractivity contribution is -0.00331. The largest absolute Gasteiger partial charge is 0.306 e. The van der Waals surface area contributed by atoms with E-state index in [1.54, 1.807) is 5.57 Å². The van der Waals surface area contributed by atoms with Crippen LogP contribution in [0.2, 0.25) is 0 Å². The molecule has 2 atom stereocenters. The third kappa shape index (κ3) is 1.90. The van der Waals surface area contributed by atoms with Gasteiger partial charge >= 0.3 is 0 Å². The van der Waals surface area contributed by atoms with E-state index in [4.69, 9.17) is 0 Å². The highest BCUT2D eigenvalue weighted by atomic mass is 15.0. The zero-order valence-electron chi connectivity index (χ0n) is 10.5. The van der Waals surface area contributed by atoms with Crippen molar-refractivity contribution in [3.05, 3.63) is 23.8 Å². The Morgan fingerprint density at radius 2 is 2.20 bits per heavy atom. The summed E-state index contributed by atoms with van der Waals surface area (Å²) in [4.78, 5) is 2.20. The summed E-state index contributed by atoms with van der Waals surface area (Å²) < 4.78 is 0. The topological polar surface area (TPSA) is 3.24 Å². The normalized spacial score (nSPS) is 33.0. The van der Waals surface area contributed by atoms with Crippen LogP contribution in [-0.2, 0) is 0 Å². The molecule has 0 radical (unpaired) electrons. The van der Waals surface area contributed by atoms with E-state index >= 15 is 0 Å². The average molecular weight is 205 g/mol. The summed E-state index contributed by atoms with van der Waals surface area (Å²) in [6.07, 6.45) is 9.81. The number of allylic oxidation sites excluding steroid dienone is 3. The van der Waals surface area contributed by atoms with Gasteiger partial charge in [-0.3, -0.25) is 0 Å². The van der Waals surface area contributed by atoms with Crippen molar-refractivity contribution in [1.29, 1.82) is 0 Å². The van der Waals surface area contributed by atoms with E-state index in [9.17, 15) is 0 Å². The van der Waals surface area contributed by atoms with Crippen LogP contribution < -0.4 is 0 Å². The van der Waals surface area contributed by atoms with Crippen molar-refractivity contribution in [1.82, 2.24) is 4.90 Å². The Labute approximate surface area is 93.9 Å². The minimum absolute atomic E-state index is 0.562.